The van der Waals surface area contributed by atoms with Crippen LogP contribution in [0.3, 0.4) is 0 Å². The minimum Gasteiger partial charge on any atom is -0.872 e. The summed E-state index contributed by atoms with van der Waals surface area (Å²) in [5.74, 6) is -0.0664. The molecule has 3 nitrogen and oxygen atoms in total. The third kappa shape index (κ3) is 11.0. The molecule has 0 bridgehead atoms. The van der Waals surface area contributed by atoms with Crippen LogP contribution in [0.2, 0.25) is 0 Å². The van der Waals surface area contributed by atoms with Crippen LogP contribution in [0.1, 0.15) is 76.3 Å². The van der Waals surface area contributed by atoms with E-state index >= 15 is 0 Å². The maximum atomic E-state index is 11.7. The molecule has 0 heterocycles. The third-order valence-electron chi connectivity index (χ3n) is 6.62. The molecule has 4 rings (SSSR count). The van der Waals surface area contributed by atoms with E-state index in [0.717, 1.165) is 27.8 Å². The second-order valence-electron chi connectivity index (χ2n) is 8.90. The third-order valence-corrected chi connectivity index (χ3v) is 6.62. The largest absolute Gasteiger partial charge is 1.00 e. The Hall–Kier alpha value is 1.70. The van der Waals surface area contributed by atoms with Gasteiger partial charge in [0.05, 0.1) is 0 Å². The molecular weight excluding hydrogens is 701 g/mol. The van der Waals surface area contributed by atoms with E-state index in [4.69, 9.17) is 0 Å². The quantitative estimate of drug-likeness (QED) is 0.216. The number of rotatable bonds is 5. The summed E-state index contributed by atoms with van der Waals surface area (Å²) in [6.07, 6.45) is 0. The van der Waals surface area contributed by atoms with Crippen molar-refractivity contribution >= 4 is 0 Å². The Morgan fingerprint density at radius 1 is 0.359 bits per heavy atom. The van der Waals surface area contributed by atoms with E-state index in [1.54, 1.807) is 36.4 Å². The Morgan fingerprint density at radius 3 is 0.795 bits per heavy atom. The summed E-state index contributed by atoms with van der Waals surface area (Å²) in [6, 6.07) is 29.1. The van der Waals surface area contributed by atoms with Gasteiger partial charge in [0.2, 0.25) is 0 Å². The second kappa shape index (κ2) is 20.6. The van der Waals surface area contributed by atoms with E-state index in [-0.39, 0.29) is 197 Å². The summed E-state index contributed by atoms with van der Waals surface area (Å²) in [5.41, 5.74) is 4.43. The summed E-state index contributed by atoms with van der Waals surface area (Å²) < 4.78 is 0. The van der Waals surface area contributed by atoms with Crippen molar-refractivity contribution < 1.29 is 190 Å². The van der Waals surface area contributed by atoms with Crippen LogP contribution in [-0.4, -0.2) is 0 Å². The van der Waals surface area contributed by atoms with Gasteiger partial charge in [-0.2, -0.15) is 0 Å². The molecule has 0 unspecified atom stereocenters. The van der Waals surface area contributed by atoms with E-state index in [0.29, 0.717) is 0 Å². The van der Waals surface area contributed by atoms with Crippen LogP contribution >= 0.6 is 0 Å². The van der Waals surface area contributed by atoms with E-state index in [2.05, 4.69) is 45.0 Å². The predicted octanol–water partition coefficient (Wildman–Crippen LogP) is -2.35. The first-order chi connectivity index (χ1) is 17.2. The zero-order chi connectivity index (χ0) is 26.9. The zero-order valence-electron chi connectivity index (χ0n) is 25.5. The van der Waals surface area contributed by atoms with Gasteiger partial charge in [0.25, 0.3) is 0 Å². The Kier molecular flexibility index (Phi) is 22.6. The van der Waals surface area contributed by atoms with Crippen molar-refractivity contribution in [2.24, 2.45) is 0 Å². The van der Waals surface area contributed by atoms with Crippen molar-refractivity contribution in [3.05, 3.63) is 125 Å². The molecule has 0 spiro atoms. The average molecular weight is 738 g/mol. The Morgan fingerprint density at radius 2 is 0.538 bits per heavy atom. The van der Waals surface area contributed by atoms with Crippen LogP contribution in [0.5, 0.6) is 17.2 Å². The molecule has 0 aromatic heterocycles. The smallest absolute Gasteiger partial charge is 0.872 e. The van der Waals surface area contributed by atoms with Crippen molar-refractivity contribution in [1.82, 2.24) is 0 Å². The van der Waals surface area contributed by atoms with Gasteiger partial charge in [-0.1, -0.05) is 139 Å². The number of benzene rings is 4. The first-order valence-electron chi connectivity index (χ1n) is 12.6. The monoisotopic (exact) mass is 736 g/mol. The van der Waals surface area contributed by atoms with E-state index in [9.17, 15) is 15.3 Å². The summed E-state index contributed by atoms with van der Waals surface area (Å²) in [4.78, 5) is 0. The summed E-state index contributed by atoms with van der Waals surface area (Å²) in [7, 11) is 0. The standard InChI is InChI=1S/C29H28O3.2C2H6.3Rb/c1-28(2,21-8-14-25(30)15-9-21)20-4-6-22(7-5-20)29(3,23-10-16-26(31)17-11-23)24-12-18-27(32)19-13-24;2*1-2;;;/h4-19,30-32H,1-3H3;2*1-2H3;;;/q;;;3*+1/p-3. The van der Waals surface area contributed by atoms with Crippen LogP contribution in [-0.2, 0) is 10.8 Å². The topological polar surface area (TPSA) is 69.2 Å². The molecule has 0 aliphatic heterocycles. The molecular formula is C33H37O3Rb3. The van der Waals surface area contributed by atoms with Crippen LogP contribution < -0.4 is 190 Å². The molecule has 6 heteroatoms. The molecule has 39 heavy (non-hydrogen) atoms. The van der Waals surface area contributed by atoms with E-state index in [1.165, 1.54) is 0 Å². The van der Waals surface area contributed by atoms with Gasteiger partial charge in [0, 0.05) is 10.8 Å². The first-order valence-corrected chi connectivity index (χ1v) is 12.6. The first kappa shape index (κ1) is 42.8. The maximum absolute atomic E-state index is 11.7. The van der Waals surface area contributed by atoms with E-state index < -0.39 is 5.41 Å². The Labute approximate surface area is 382 Å². The SMILES string of the molecule is CC.CC.CC(C)(c1ccc([O-])cc1)c1ccc(C(C)(c2ccc([O-])cc2)c2ccc([O-])cc2)cc1.[Rb+].[Rb+].[Rb+]. The molecule has 0 aliphatic rings. The number of hydrogen-bond donors (Lipinski definition) is 0. The fourth-order valence-electron chi connectivity index (χ4n) is 4.34. The van der Waals surface area contributed by atoms with Crippen LogP contribution in [0.25, 0.3) is 0 Å². The van der Waals surface area contributed by atoms with Crippen LogP contribution in [0.4, 0.5) is 0 Å². The van der Waals surface area contributed by atoms with Gasteiger partial charge in [-0.05, 0) is 34.7 Å². The molecule has 0 fully saturated rings. The van der Waals surface area contributed by atoms with Crippen LogP contribution in [0, 0.1) is 0 Å². The molecule has 0 radical (unpaired) electrons. The predicted molar refractivity (Wildman–Crippen MR) is 144 cm³/mol. The molecule has 190 valence electrons. The van der Waals surface area contributed by atoms with Crippen LogP contribution in [0.15, 0.2) is 97.1 Å². The van der Waals surface area contributed by atoms with E-state index in [1.807, 2.05) is 64.1 Å². The molecule has 4 aromatic rings. The van der Waals surface area contributed by atoms with Gasteiger partial charge in [0.1, 0.15) is 0 Å². The van der Waals surface area contributed by atoms with Crippen molar-refractivity contribution in [2.45, 2.75) is 59.3 Å². The normalized spacial score (nSPS) is 10.1. The van der Waals surface area contributed by atoms with Gasteiger partial charge in [-0.15, -0.1) is 17.2 Å². The average Bonchev–Trinajstić information content (AvgIpc) is 2.92. The Balaban J connectivity index is 0. The van der Waals surface area contributed by atoms with Gasteiger partial charge in [0.15, 0.2) is 0 Å². The minimum atomic E-state index is -0.533. The molecule has 0 saturated carbocycles. The van der Waals surface area contributed by atoms with Gasteiger partial charge < -0.3 is 15.3 Å². The van der Waals surface area contributed by atoms with Gasteiger partial charge in [-0.25, -0.2) is 0 Å². The summed E-state index contributed by atoms with van der Waals surface area (Å²) >= 11 is 0. The zero-order valence-corrected chi connectivity index (χ0v) is 40.2. The van der Waals surface area contributed by atoms with Gasteiger partial charge >= 0.3 is 175 Å². The van der Waals surface area contributed by atoms with Crippen molar-refractivity contribution in [2.75, 3.05) is 0 Å². The molecule has 0 aliphatic carbocycles. The fraction of sp³-hybridized carbons (Fsp3) is 0.273. The number of hydrogen-bond acceptors (Lipinski definition) is 3. The van der Waals surface area contributed by atoms with Crippen molar-refractivity contribution in [1.29, 1.82) is 0 Å². The molecule has 4 aromatic carbocycles. The summed E-state index contributed by atoms with van der Waals surface area (Å²) in [6.45, 7) is 14.4. The van der Waals surface area contributed by atoms with Crippen molar-refractivity contribution in [3.8, 4) is 17.2 Å². The Bertz CT molecular complexity index is 1160. The fourth-order valence-corrected chi connectivity index (χ4v) is 4.34. The minimum absolute atomic E-state index is 0. The molecule has 0 N–H and O–H groups in total. The molecule has 0 amide bonds. The van der Waals surface area contributed by atoms with Gasteiger partial charge in [-0.3, -0.25) is 0 Å². The van der Waals surface area contributed by atoms with Crippen molar-refractivity contribution in [3.63, 3.8) is 0 Å². The molecule has 0 saturated heterocycles. The maximum Gasteiger partial charge on any atom is 1.00 e. The second-order valence-corrected chi connectivity index (χ2v) is 8.90. The molecule has 0 atom stereocenters. The summed E-state index contributed by atoms with van der Waals surface area (Å²) in [5, 5.41) is 34.9.